The summed E-state index contributed by atoms with van der Waals surface area (Å²) < 4.78 is 5.40. The van der Waals surface area contributed by atoms with Gasteiger partial charge in [0.15, 0.2) is 18.1 Å². The van der Waals surface area contributed by atoms with Crippen LogP contribution in [0.4, 0.5) is 0 Å². The fraction of sp³-hybridized carbons (Fsp3) is 0.235. The molecule has 0 saturated carbocycles. The third-order valence-corrected chi connectivity index (χ3v) is 3.14. The molecule has 5 heteroatoms. The van der Waals surface area contributed by atoms with Gasteiger partial charge in [0.25, 0.3) is 5.91 Å². The van der Waals surface area contributed by atoms with E-state index in [1.807, 2.05) is 25.1 Å². The first-order valence-corrected chi connectivity index (χ1v) is 7.01. The number of carbonyl (C=O) groups is 1. The second kappa shape index (κ2) is 7.36. The molecule has 1 amide bonds. The molecule has 22 heavy (non-hydrogen) atoms. The van der Waals surface area contributed by atoms with Crippen molar-refractivity contribution in [1.29, 1.82) is 0 Å². The molecule has 2 rings (SSSR count). The van der Waals surface area contributed by atoms with Crippen molar-refractivity contribution in [3.05, 3.63) is 53.6 Å². The first-order chi connectivity index (χ1) is 10.5. The van der Waals surface area contributed by atoms with Crippen LogP contribution in [0.25, 0.3) is 0 Å². The topological polar surface area (TPSA) is 78.8 Å². The van der Waals surface area contributed by atoms with Gasteiger partial charge < -0.3 is 20.3 Å². The van der Waals surface area contributed by atoms with Crippen LogP contribution in [0.15, 0.2) is 42.5 Å². The van der Waals surface area contributed by atoms with Crippen molar-refractivity contribution in [3.63, 3.8) is 0 Å². The van der Waals surface area contributed by atoms with Gasteiger partial charge in [-0.25, -0.2) is 0 Å². The van der Waals surface area contributed by atoms with E-state index in [2.05, 4.69) is 5.32 Å². The van der Waals surface area contributed by atoms with Crippen molar-refractivity contribution in [3.8, 4) is 17.2 Å². The SMILES string of the molecule is Cc1cccc(OCC(=O)NCCc2ccc(O)c(O)c2)c1. The van der Waals surface area contributed by atoms with E-state index >= 15 is 0 Å². The lowest BCUT2D eigenvalue weighted by Gasteiger charge is -2.08. The zero-order valence-electron chi connectivity index (χ0n) is 12.4. The monoisotopic (exact) mass is 301 g/mol. The highest BCUT2D eigenvalue weighted by Crippen LogP contribution is 2.24. The van der Waals surface area contributed by atoms with Gasteiger partial charge in [-0.3, -0.25) is 4.79 Å². The highest BCUT2D eigenvalue weighted by Gasteiger charge is 2.04. The zero-order chi connectivity index (χ0) is 15.9. The number of carbonyl (C=O) groups excluding carboxylic acids is 1. The molecule has 3 N–H and O–H groups in total. The van der Waals surface area contributed by atoms with Crippen LogP contribution in [0.3, 0.4) is 0 Å². The lowest BCUT2D eigenvalue weighted by atomic mass is 10.1. The van der Waals surface area contributed by atoms with Crippen LogP contribution in [-0.4, -0.2) is 29.3 Å². The van der Waals surface area contributed by atoms with Crippen molar-refractivity contribution >= 4 is 5.91 Å². The van der Waals surface area contributed by atoms with Gasteiger partial charge >= 0.3 is 0 Å². The second-order valence-corrected chi connectivity index (χ2v) is 5.03. The van der Waals surface area contributed by atoms with E-state index in [1.165, 1.54) is 12.1 Å². The standard InChI is InChI=1S/C17H19NO4/c1-12-3-2-4-14(9-12)22-11-17(21)18-8-7-13-5-6-15(19)16(20)10-13/h2-6,9-10,19-20H,7-8,11H2,1H3,(H,18,21). The van der Waals surface area contributed by atoms with E-state index in [4.69, 9.17) is 4.74 Å². The number of hydrogen-bond donors (Lipinski definition) is 3. The quantitative estimate of drug-likeness (QED) is 0.714. The minimum absolute atomic E-state index is 0.0374. The van der Waals surface area contributed by atoms with Crippen LogP contribution < -0.4 is 10.1 Å². The minimum atomic E-state index is -0.204. The Morgan fingerprint density at radius 1 is 1.14 bits per heavy atom. The van der Waals surface area contributed by atoms with Gasteiger partial charge in [-0.05, 0) is 48.7 Å². The second-order valence-electron chi connectivity index (χ2n) is 5.03. The molecule has 0 heterocycles. The van der Waals surface area contributed by atoms with Crippen LogP contribution in [0.5, 0.6) is 17.2 Å². The van der Waals surface area contributed by atoms with E-state index in [0.29, 0.717) is 18.7 Å². The van der Waals surface area contributed by atoms with Crippen molar-refractivity contribution < 1.29 is 19.7 Å². The van der Waals surface area contributed by atoms with Gasteiger partial charge in [-0.15, -0.1) is 0 Å². The number of hydrogen-bond acceptors (Lipinski definition) is 4. The number of phenolic OH excluding ortho intramolecular Hbond substituents is 2. The van der Waals surface area contributed by atoms with Crippen LogP contribution in [-0.2, 0) is 11.2 Å². The van der Waals surface area contributed by atoms with E-state index in [9.17, 15) is 15.0 Å². The Hall–Kier alpha value is -2.69. The summed E-state index contributed by atoms with van der Waals surface area (Å²) in [7, 11) is 0. The molecule has 2 aromatic rings. The summed E-state index contributed by atoms with van der Waals surface area (Å²) in [4.78, 5) is 11.7. The summed E-state index contributed by atoms with van der Waals surface area (Å²) in [5.41, 5.74) is 1.90. The molecule has 0 aromatic heterocycles. The lowest BCUT2D eigenvalue weighted by molar-refractivity contribution is -0.123. The number of ether oxygens (including phenoxy) is 1. The van der Waals surface area contributed by atoms with Crippen molar-refractivity contribution in [1.82, 2.24) is 5.32 Å². The Bertz CT molecular complexity index is 655. The van der Waals surface area contributed by atoms with Crippen LogP contribution in [0, 0.1) is 6.92 Å². The van der Waals surface area contributed by atoms with E-state index in [-0.39, 0.29) is 24.0 Å². The molecule has 2 aromatic carbocycles. The molecular formula is C17H19NO4. The van der Waals surface area contributed by atoms with Crippen LogP contribution >= 0.6 is 0 Å². The van der Waals surface area contributed by atoms with Gasteiger partial charge in [0.2, 0.25) is 0 Å². The molecule has 0 saturated heterocycles. The Kier molecular flexibility index (Phi) is 5.25. The number of aromatic hydroxyl groups is 2. The summed E-state index contributed by atoms with van der Waals surface area (Å²) >= 11 is 0. The Balaban J connectivity index is 1.72. The maximum absolute atomic E-state index is 11.7. The summed E-state index contributed by atoms with van der Waals surface area (Å²) in [6.07, 6.45) is 0.560. The normalized spacial score (nSPS) is 10.2. The van der Waals surface area contributed by atoms with Crippen molar-refractivity contribution in [2.45, 2.75) is 13.3 Å². The molecule has 0 aliphatic rings. The molecule has 0 fully saturated rings. The smallest absolute Gasteiger partial charge is 0.257 e. The Labute approximate surface area is 129 Å². The average Bonchev–Trinajstić information content (AvgIpc) is 2.49. The molecule has 0 aliphatic carbocycles. The number of benzene rings is 2. The van der Waals surface area contributed by atoms with E-state index in [1.54, 1.807) is 12.1 Å². The molecule has 0 atom stereocenters. The molecule has 116 valence electrons. The lowest BCUT2D eigenvalue weighted by Crippen LogP contribution is -2.30. The number of amides is 1. The Morgan fingerprint density at radius 3 is 2.68 bits per heavy atom. The van der Waals surface area contributed by atoms with Gasteiger partial charge in [0.05, 0.1) is 0 Å². The largest absolute Gasteiger partial charge is 0.504 e. The van der Waals surface area contributed by atoms with E-state index < -0.39 is 0 Å². The third kappa shape index (κ3) is 4.70. The summed E-state index contributed by atoms with van der Waals surface area (Å²) in [6, 6.07) is 12.1. The number of aryl methyl sites for hydroxylation is 1. The highest BCUT2D eigenvalue weighted by molar-refractivity contribution is 5.77. The first kappa shape index (κ1) is 15.7. The van der Waals surface area contributed by atoms with E-state index in [0.717, 1.165) is 11.1 Å². The molecule has 0 unspecified atom stereocenters. The van der Waals surface area contributed by atoms with Crippen LogP contribution in [0.1, 0.15) is 11.1 Å². The van der Waals surface area contributed by atoms with Crippen LogP contribution in [0.2, 0.25) is 0 Å². The minimum Gasteiger partial charge on any atom is -0.504 e. The molecule has 5 nitrogen and oxygen atoms in total. The van der Waals surface area contributed by atoms with Gasteiger partial charge in [-0.2, -0.15) is 0 Å². The molecule has 0 bridgehead atoms. The molecule has 0 radical (unpaired) electrons. The fourth-order valence-corrected chi connectivity index (χ4v) is 1.98. The van der Waals surface area contributed by atoms with Gasteiger partial charge in [0.1, 0.15) is 5.75 Å². The third-order valence-electron chi connectivity index (χ3n) is 3.14. The fourth-order valence-electron chi connectivity index (χ4n) is 1.98. The Morgan fingerprint density at radius 2 is 1.95 bits per heavy atom. The molecule has 0 spiro atoms. The number of nitrogens with one attached hydrogen (secondary N) is 1. The average molecular weight is 301 g/mol. The number of phenols is 2. The van der Waals surface area contributed by atoms with Crippen molar-refractivity contribution in [2.75, 3.05) is 13.2 Å². The maximum atomic E-state index is 11.7. The predicted molar refractivity (Wildman–Crippen MR) is 83.2 cm³/mol. The zero-order valence-corrected chi connectivity index (χ0v) is 12.4. The summed E-state index contributed by atoms with van der Waals surface area (Å²) in [5, 5.41) is 21.3. The number of rotatable bonds is 6. The molecule has 0 aliphatic heterocycles. The molecular weight excluding hydrogens is 282 g/mol. The first-order valence-electron chi connectivity index (χ1n) is 7.01. The summed E-state index contributed by atoms with van der Waals surface area (Å²) in [5.74, 6) is 0.147. The maximum Gasteiger partial charge on any atom is 0.257 e. The highest BCUT2D eigenvalue weighted by atomic mass is 16.5. The van der Waals surface area contributed by atoms with Crippen molar-refractivity contribution in [2.24, 2.45) is 0 Å². The predicted octanol–water partition coefficient (Wildman–Crippen LogP) is 2.14. The summed E-state index contributed by atoms with van der Waals surface area (Å²) in [6.45, 7) is 2.35. The van der Waals surface area contributed by atoms with Gasteiger partial charge in [-0.1, -0.05) is 18.2 Å². The van der Waals surface area contributed by atoms with Gasteiger partial charge in [0, 0.05) is 6.54 Å².